The summed E-state index contributed by atoms with van der Waals surface area (Å²) in [6.45, 7) is 4.64. The Kier molecular flexibility index (Phi) is 4.88. The standard InChI is InChI=1S/C16H23NO3/c1-3-4-5-6-7-10-17-14-11-13(18)8-9-15(14)20-12(2)16(17)19/h8-9,11-12,18H,3-7,10H2,1-2H3. The predicted octanol–water partition coefficient (Wildman–Crippen LogP) is 3.48. The highest BCUT2D eigenvalue weighted by Crippen LogP contribution is 2.36. The minimum Gasteiger partial charge on any atom is -0.508 e. The van der Waals surface area contributed by atoms with Crippen LogP contribution in [0.1, 0.15) is 46.0 Å². The fraction of sp³-hybridized carbons (Fsp3) is 0.562. The number of hydrogen-bond donors (Lipinski definition) is 1. The first-order valence-corrected chi connectivity index (χ1v) is 7.44. The molecule has 1 atom stereocenters. The van der Waals surface area contributed by atoms with Gasteiger partial charge in [0.1, 0.15) is 11.5 Å². The van der Waals surface area contributed by atoms with Crippen molar-refractivity contribution in [3.63, 3.8) is 0 Å². The number of carbonyl (C=O) groups is 1. The van der Waals surface area contributed by atoms with Crippen molar-refractivity contribution in [2.75, 3.05) is 11.4 Å². The van der Waals surface area contributed by atoms with Crippen LogP contribution in [0, 0.1) is 0 Å². The molecule has 1 aromatic carbocycles. The zero-order chi connectivity index (χ0) is 14.5. The van der Waals surface area contributed by atoms with Crippen molar-refractivity contribution in [3.05, 3.63) is 18.2 Å². The quantitative estimate of drug-likeness (QED) is 0.810. The topological polar surface area (TPSA) is 49.8 Å². The zero-order valence-corrected chi connectivity index (χ0v) is 12.3. The molecule has 1 aromatic rings. The van der Waals surface area contributed by atoms with E-state index in [1.807, 2.05) is 0 Å². The molecule has 1 unspecified atom stereocenters. The van der Waals surface area contributed by atoms with E-state index in [9.17, 15) is 9.90 Å². The van der Waals surface area contributed by atoms with E-state index in [4.69, 9.17) is 4.74 Å². The van der Waals surface area contributed by atoms with Crippen LogP contribution in [-0.2, 0) is 4.79 Å². The molecule has 0 bridgehead atoms. The zero-order valence-electron chi connectivity index (χ0n) is 12.3. The molecule has 0 spiro atoms. The van der Waals surface area contributed by atoms with Crippen molar-refractivity contribution in [1.29, 1.82) is 0 Å². The van der Waals surface area contributed by atoms with Crippen molar-refractivity contribution in [3.8, 4) is 11.5 Å². The highest BCUT2D eigenvalue weighted by atomic mass is 16.5. The Morgan fingerprint density at radius 2 is 2.00 bits per heavy atom. The Labute approximate surface area is 120 Å². The lowest BCUT2D eigenvalue weighted by Crippen LogP contribution is -2.44. The number of unbranched alkanes of at least 4 members (excludes halogenated alkanes) is 4. The van der Waals surface area contributed by atoms with Gasteiger partial charge in [-0.15, -0.1) is 0 Å². The van der Waals surface area contributed by atoms with Crippen LogP contribution in [0.2, 0.25) is 0 Å². The van der Waals surface area contributed by atoms with E-state index in [0.717, 1.165) is 12.8 Å². The molecule has 4 heteroatoms. The molecule has 0 saturated heterocycles. The lowest BCUT2D eigenvalue weighted by molar-refractivity contribution is -0.125. The van der Waals surface area contributed by atoms with Crippen LogP contribution in [0.4, 0.5) is 5.69 Å². The number of phenols is 1. The van der Waals surface area contributed by atoms with Crippen LogP contribution >= 0.6 is 0 Å². The SMILES string of the molecule is CCCCCCCN1C(=O)C(C)Oc2ccc(O)cc21. The highest BCUT2D eigenvalue weighted by Gasteiger charge is 2.31. The van der Waals surface area contributed by atoms with Crippen LogP contribution in [0.5, 0.6) is 11.5 Å². The van der Waals surface area contributed by atoms with E-state index in [0.29, 0.717) is 18.0 Å². The van der Waals surface area contributed by atoms with Crippen LogP contribution in [0.25, 0.3) is 0 Å². The third kappa shape index (κ3) is 3.24. The Balaban J connectivity index is 2.06. The summed E-state index contributed by atoms with van der Waals surface area (Å²) in [5.74, 6) is 0.799. The number of hydrogen-bond acceptors (Lipinski definition) is 3. The summed E-state index contributed by atoms with van der Waals surface area (Å²) in [7, 11) is 0. The van der Waals surface area contributed by atoms with Gasteiger partial charge in [-0.2, -0.15) is 0 Å². The Morgan fingerprint density at radius 1 is 1.25 bits per heavy atom. The fourth-order valence-electron chi connectivity index (χ4n) is 2.50. The van der Waals surface area contributed by atoms with Gasteiger partial charge in [-0.1, -0.05) is 32.6 Å². The number of benzene rings is 1. The largest absolute Gasteiger partial charge is 0.508 e. The normalized spacial score (nSPS) is 17.8. The molecule has 0 saturated carbocycles. The van der Waals surface area contributed by atoms with Gasteiger partial charge in [0.15, 0.2) is 6.10 Å². The molecule has 0 aliphatic carbocycles. The molecule has 0 radical (unpaired) electrons. The van der Waals surface area contributed by atoms with Crippen molar-refractivity contribution >= 4 is 11.6 Å². The molecule has 110 valence electrons. The number of carbonyl (C=O) groups excluding carboxylic acids is 1. The van der Waals surface area contributed by atoms with Crippen molar-refractivity contribution in [2.45, 2.75) is 52.1 Å². The molecule has 1 amide bonds. The van der Waals surface area contributed by atoms with Crippen LogP contribution in [0.15, 0.2) is 18.2 Å². The lowest BCUT2D eigenvalue weighted by atomic mass is 10.1. The molecule has 0 fully saturated rings. The maximum Gasteiger partial charge on any atom is 0.267 e. The van der Waals surface area contributed by atoms with Crippen molar-refractivity contribution in [2.24, 2.45) is 0 Å². The van der Waals surface area contributed by atoms with Crippen LogP contribution in [-0.4, -0.2) is 23.7 Å². The van der Waals surface area contributed by atoms with E-state index < -0.39 is 6.10 Å². The average molecular weight is 277 g/mol. The number of rotatable bonds is 6. The van der Waals surface area contributed by atoms with Gasteiger partial charge in [-0.3, -0.25) is 4.79 Å². The molecule has 4 nitrogen and oxygen atoms in total. The Hall–Kier alpha value is -1.71. The molecule has 20 heavy (non-hydrogen) atoms. The molecule has 0 aromatic heterocycles. The lowest BCUT2D eigenvalue weighted by Gasteiger charge is -2.33. The maximum atomic E-state index is 12.2. The molecular formula is C16H23NO3. The maximum absolute atomic E-state index is 12.2. The monoisotopic (exact) mass is 277 g/mol. The van der Waals surface area contributed by atoms with Gasteiger partial charge in [0.25, 0.3) is 5.91 Å². The van der Waals surface area contributed by atoms with E-state index in [1.54, 1.807) is 30.0 Å². The van der Waals surface area contributed by atoms with E-state index >= 15 is 0 Å². The number of amides is 1. The Bertz CT molecular complexity index is 473. The van der Waals surface area contributed by atoms with Crippen LogP contribution in [0.3, 0.4) is 0 Å². The van der Waals surface area contributed by atoms with Gasteiger partial charge in [-0.25, -0.2) is 0 Å². The van der Waals surface area contributed by atoms with E-state index in [1.165, 1.54) is 19.3 Å². The van der Waals surface area contributed by atoms with E-state index in [-0.39, 0.29) is 11.7 Å². The first kappa shape index (κ1) is 14.7. The summed E-state index contributed by atoms with van der Waals surface area (Å²) >= 11 is 0. The molecule has 2 rings (SSSR count). The molecule has 1 aliphatic heterocycles. The van der Waals surface area contributed by atoms with Crippen molar-refractivity contribution in [1.82, 2.24) is 0 Å². The number of nitrogens with zero attached hydrogens (tertiary/aromatic N) is 1. The van der Waals surface area contributed by atoms with Gasteiger partial charge >= 0.3 is 0 Å². The number of fused-ring (bicyclic) bond motifs is 1. The third-order valence-electron chi connectivity index (χ3n) is 3.64. The second-order valence-corrected chi connectivity index (χ2v) is 5.32. The van der Waals surface area contributed by atoms with E-state index in [2.05, 4.69) is 6.92 Å². The summed E-state index contributed by atoms with van der Waals surface area (Å²) in [5, 5.41) is 9.61. The molecule has 1 aliphatic rings. The molecule has 1 N–H and O–H groups in total. The Morgan fingerprint density at radius 3 is 2.75 bits per heavy atom. The average Bonchev–Trinajstić information content (AvgIpc) is 2.43. The number of ether oxygens (including phenoxy) is 1. The predicted molar refractivity (Wildman–Crippen MR) is 79.3 cm³/mol. The molecular weight excluding hydrogens is 254 g/mol. The summed E-state index contributed by atoms with van der Waals surface area (Å²) in [6, 6.07) is 4.91. The molecule has 1 heterocycles. The van der Waals surface area contributed by atoms with Gasteiger partial charge in [-0.05, 0) is 25.5 Å². The first-order valence-electron chi connectivity index (χ1n) is 7.44. The second kappa shape index (κ2) is 6.64. The van der Waals surface area contributed by atoms with Gasteiger partial charge in [0.2, 0.25) is 0 Å². The fourth-order valence-corrected chi connectivity index (χ4v) is 2.50. The number of aromatic hydroxyl groups is 1. The minimum atomic E-state index is -0.456. The second-order valence-electron chi connectivity index (χ2n) is 5.32. The van der Waals surface area contributed by atoms with Gasteiger partial charge in [0.05, 0.1) is 5.69 Å². The van der Waals surface area contributed by atoms with Gasteiger partial charge < -0.3 is 14.7 Å². The number of phenolic OH excluding ortho intramolecular Hbond substituents is 1. The van der Waals surface area contributed by atoms with Gasteiger partial charge in [0, 0.05) is 12.6 Å². The minimum absolute atomic E-state index is 0.0291. The third-order valence-corrected chi connectivity index (χ3v) is 3.64. The van der Waals surface area contributed by atoms with Crippen molar-refractivity contribution < 1.29 is 14.6 Å². The van der Waals surface area contributed by atoms with Crippen LogP contribution < -0.4 is 9.64 Å². The summed E-state index contributed by atoms with van der Waals surface area (Å²) in [6.07, 6.45) is 5.31. The summed E-state index contributed by atoms with van der Waals surface area (Å²) < 4.78 is 5.57. The summed E-state index contributed by atoms with van der Waals surface area (Å²) in [5.41, 5.74) is 0.684. The number of anilines is 1. The smallest absolute Gasteiger partial charge is 0.267 e. The highest BCUT2D eigenvalue weighted by molar-refractivity contribution is 6.00. The first-order chi connectivity index (χ1) is 9.63. The summed E-state index contributed by atoms with van der Waals surface area (Å²) in [4.78, 5) is 14.0.